The van der Waals surface area contributed by atoms with Gasteiger partial charge in [-0.05, 0) is 12.8 Å². The minimum Gasteiger partial charge on any atom is -0.726 e. The zero-order valence-corrected chi connectivity index (χ0v) is 18.3. The molecule has 0 aromatic heterocycles. The van der Waals surface area contributed by atoms with Crippen LogP contribution in [0.3, 0.4) is 0 Å². The van der Waals surface area contributed by atoms with Gasteiger partial charge in [0.25, 0.3) is 0 Å². The normalized spacial score (nSPS) is 11.7. The maximum atomic E-state index is 10.8. The van der Waals surface area contributed by atoms with Crippen LogP contribution in [0.15, 0.2) is 0 Å². The van der Waals surface area contributed by atoms with Crippen molar-refractivity contribution in [2.75, 3.05) is 0 Å². The van der Waals surface area contributed by atoms with Crippen LogP contribution < -0.4 is 29.6 Å². The molecule has 0 radical (unpaired) electrons. The Bertz CT molecular complexity index is 317. The molecule has 4 nitrogen and oxygen atoms in total. The smallest absolute Gasteiger partial charge is 0.726 e. The summed E-state index contributed by atoms with van der Waals surface area (Å²) >= 11 is 0. The Morgan fingerprint density at radius 1 is 0.739 bits per heavy atom. The number of hydrogen-bond donors (Lipinski definition) is 0. The van der Waals surface area contributed by atoms with Gasteiger partial charge in [0, 0.05) is 0 Å². The first kappa shape index (κ1) is 26.1. The van der Waals surface area contributed by atoms with Crippen molar-refractivity contribution in [3.8, 4) is 0 Å². The molecular weight excluding hydrogens is 323 g/mol. The first-order valence-corrected chi connectivity index (χ1v) is 10.5. The minimum atomic E-state index is -4.58. The predicted molar refractivity (Wildman–Crippen MR) is 90.6 cm³/mol. The molecule has 0 aliphatic heterocycles. The van der Waals surface area contributed by atoms with E-state index in [0.29, 0.717) is 12.8 Å². The average molecular weight is 359 g/mol. The molecule has 134 valence electrons. The molecule has 0 N–H and O–H groups in total. The maximum Gasteiger partial charge on any atom is 1.00 e. The Hall–Kier alpha value is 0.870. The van der Waals surface area contributed by atoms with Gasteiger partial charge in [0.15, 0.2) is 0 Å². The van der Waals surface area contributed by atoms with Crippen LogP contribution in [-0.2, 0) is 14.6 Å². The van der Waals surface area contributed by atoms with Gasteiger partial charge >= 0.3 is 29.6 Å². The van der Waals surface area contributed by atoms with Crippen LogP contribution in [0.2, 0.25) is 0 Å². The third-order valence-corrected chi connectivity index (χ3v) is 4.52. The quantitative estimate of drug-likeness (QED) is 0.184. The molecule has 0 saturated heterocycles. The van der Waals surface area contributed by atoms with E-state index in [1.54, 1.807) is 0 Å². The minimum absolute atomic E-state index is 0. The fourth-order valence-electron chi connectivity index (χ4n) is 2.71. The molecule has 0 bridgehead atoms. The van der Waals surface area contributed by atoms with Crippen LogP contribution in [0.25, 0.3) is 0 Å². The van der Waals surface area contributed by atoms with E-state index in [1.807, 2.05) is 0 Å². The Kier molecular flexibility index (Phi) is 20.1. The summed E-state index contributed by atoms with van der Waals surface area (Å²) in [6, 6.07) is 0. The second kappa shape index (κ2) is 17.7. The molecule has 0 spiro atoms. The second-order valence-corrected chi connectivity index (χ2v) is 7.25. The summed E-state index contributed by atoms with van der Waals surface area (Å²) in [5, 5.41) is 0. The largest absolute Gasteiger partial charge is 1.00 e. The molecule has 0 heterocycles. The third-order valence-electron chi connectivity index (χ3n) is 4.01. The second-order valence-electron chi connectivity index (χ2n) is 6.24. The SMILES string of the molecule is CCCCCCCCC(CCCCCCCC)OS(=O)(=O)[O-].[Na+]. The fraction of sp³-hybridized carbons (Fsp3) is 1.00. The summed E-state index contributed by atoms with van der Waals surface area (Å²) < 4.78 is 37.1. The van der Waals surface area contributed by atoms with Gasteiger partial charge in [-0.1, -0.05) is 90.9 Å². The molecule has 6 heteroatoms. The Balaban J connectivity index is 0. The van der Waals surface area contributed by atoms with Crippen LogP contribution in [0.5, 0.6) is 0 Å². The zero-order valence-electron chi connectivity index (χ0n) is 15.5. The van der Waals surface area contributed by atoms with Gasteiger partial charge in [0.1, 0.15) is 0 Å². The Morgan fingerprint density at radius 3 is 1.43 bits per heavy atom. The van der Waals surface area contributed by atoms with E-state index in [1.165, 1.54) is 51.4 Å². The summed E-state index contributed by atoms with van der Waals surface area (Å²) in [5.74, 6) is 0. The van der Waals surface area contributed by atoms with Crippen molar-refractivity contribution in [1.29, 1.82) is 0 Å². The summed E-state index contributed by atoms with van der Waals surface area (Å²) in [5.41, 5.74) is 0. The summed E-state index contributed by atoms with van der Waals surface area (Å²) in [4.78, 5) is 0. The van der Waals surface area contributed by atoms with E-state index in [0.717, 1.165) is 25.7 Å². The molecule has 0 amide bonds. The van der Waals surface area contributed by atoms with Crippen molar-refractivity contribution in [3.05, 3.63) is 0 Å². The zero-order chi connectivity index (χ0) is 16.7. The molecule has 0 unspecified atom stereocenters. The number of rotatable bonds is 16. The molecule has 0 aliphatic carbocycles. The third kappa shape index (κ3) is 20.8. The maximum absolute atomic E-state index is 10.8. The molecule has 23 heavy (non-hydrogen) atoms. The molecule has 0 aliphatic rings. The van der Waals surface area contributed by atoms with E-state index in [2.05, 4.69) is 13.8 Å². The monoisotopic (exact) mass is 358 g/mol. The van der Waals surface area contributed by atoms with Crippen LogP contribution in [0.4, 0.5) is 0 Å². The number of unbranched alkanes of at least 4 members (excludes halogenated alkanes) is 10. The topological polar surface area (TPSA) is 66.4 Å². The van der Waals surface area contributed by atoms with E-state index in [4.69, 9.17) is 4.18 Å². The number of hydrogen-bond acceptors (Lipinski definition) is 4. The standard InChI is InChI=1S/C17H36O4S.Na/c1-3-5-7-9-11-13-15-17(21-22(18,19)20)16-14-12-10-8-6-4-2;/h17H,3-16H2,1-2H3,(H,18,19,20);/q;+1/p-1. The van der Waals surface area contributed by atoms with Crippen molar-refractivity contribution < 1.29 is 46.7 Å². The van der Waals surface area contributed by atoms with Crippen molar-refractivity contribution in [2.24, 2.45) is 0 Å². The van der Waals surface area contributed by atoms with Gasteiger partial charge in [-0.15, -0.1) is 0 Å². The van der Waals surface area contributed by atoms with Crippen LogP contribution in [0.1, 0.15) is 104 Å². The van der Waals surface area contributed by atoms with E-state index < -0.39 is 16.5 Å². The van der Waals surface area contributed by atoms with Crippen molar-refractivity contribution in [1.82, 2.24) is 0 Å². The molecule has 0 aromatic rings. The molecule has 0 aromatic carbocycles. The first-order valence-electron chi connectivity index (χ1n) is 9.13. The van der Waals surface area contributed by atoms with Crippen LogP contribution in [0, 0.1) is 0 Å². The first-order chi connectivity index (χ1) is 10.5. The van der Waals surface area contributed by atoms with Crippen LogP contribution >= 0.6 is 0 Å². The summed E-state index contributed by atoms with van der Waals surface area (Å²) in [6.07, 6.45) is 14.8. The van der Waals surface area contributed by atoms with Gasteiger partial charge in [0.2, 0.25) is 10.4 Å². The van der Waals surface area contributed by atoms with Gasteiger partial charge in [-0.3, -0.25) is 4.18 Å². The molecule has 0 fully saturated rings. The molecule has 0 atom stereocenters. The predicted octanol–water partition coefficient (Wildman–Crippen LogP) is 2.34. The molecule has 0 rings (SSSR count). The van der Waals surface area contributed by atoms with Crippen molar-refractivity contribution >= 4 is 10.4 Å². The van der Waals surface area contributed by atoms with E-state index in [9.17, 15) is 13.0 Å². The Morgan fingerprint density at radius 2 is 1.09 bits per heavy atom. The molecular formula is C17H35NaO4S. The van der Waals surface area contributed by atoms with E-state index in [-0.39, 0.29) is 29.6 Å². The van der Waals surface area contributed by atoms with Crippen LogP contribution in [-0.4, -0.2) is 19.1 Å². The molecule has 0 saturated carbocycles. The van der Waals surface area contributed by atoms with Crippen molar-refractivity contribution in [2.45, 2.75) is 110 Å². The van der Waals surface area contributed by atoms with Gasteiger partial charge < -0.3 is 4.55 Å². The van der Waals surface area contributed by atoms with E-state index >= 15 is 0 Å². The fourth-order valence-corrected chi connectivity index (χ4v) is 3.24. The Labute approximate surface area is 166 Å². The van der Waals surface area contributed by atoms with Crippen molar-refractivity contribution in [3.63, 3.8) is 0 Å². The van der Waals surface area contributed by atoms with Gasteiger partial charge in [0.05, 0.1) is 6.10 Å². The summed E-state index contributed by atoms with van der Waals surface area (Å²) in [6.45, 7) is 4.37. The average Bonchev–Trinajstić information content (AvgIpc) is 2.44. The van der Waals surface area contributed by atoms with Gasteiger partial charge in [-0.25, -0.2) is 8.42 Å². The van der Waals surface area contributed by atoms with Gasteiger partial charge in [-0.2, -0.15) is 0 Å². The summed E-state index contributed by atoms with van der Waals surface area (Å²) in [7, 11) is -4.58.